The van der Waals surface area contributed by atoms with Crippen LogP contribution in [0.2, 0.25) is 0 Å². The summed E-state index contributed by atoms with van der Waals surface area (Å²) in [7, 11) is 0. The maximum absolute atomic E-state index is 2.43. The van der Waals surface area contributed by atoms with Crippen molar-refractivity contribution in [3.63, 3.8) is 0 Å². The Labute approximate surface area is 328 Å². The molecule has 0 aromatic heterocycles. The normalized spacial score (nSPS) is 11.2. The fourth-order valence-electron chi connectivity index (χ4n) is 8.35. The monoisotopic (exact) mass is 710 g/mol. The van der Waals surface area contributed by atoms with Crippen LogP contribution in [0.5, 0.6) is 0 Å². The molecule has 0 heterocycles. The van der Waals surface area contributed by atoms with Gasteiger partial charge < -0.3 is 0 Å². The third-order valence-electron chi connectivity index (χ3n) is 11.1. The lowest BCUT2D eigenvalue weighted by Crippen LogP contribution is -1.94. The predicted octanol–water partition coefficient (Wildman–Crippen LogP) is 15.7. The molecule has 0 saturated heterocycles. The van der Waals surface area contributed by atoms with Crippen molar-refractivity contribution in [2.24, 2.45) is 0 Å². The van der Waals surface area contributed by atoms with Gasteiger partial charge in [-0.1, -0.05) is 218 Å². The average molecular weight is 711 g/mol. The molecule has 0 amide bonds. The molecule has 0 saturated carbocycles. The van der Waals surface area contributed by atoms with Crippen LogP contribution in [0.4, 0.5) is 0 Å². The molecule has 56 heavy (non-hydrogen) atoms. The second kappa shape index (κ2) is 14.5. The van der Waals surface area contributed by atoms with Crippen LogP contribution in [-0.4, -0.2) is 0 Å². The first-order valence-corrected chi connectivity index (χ1v) is 19.3. The first kappa shape index (κ1) is 33.3. The summed E-state index contributed by atoms with van der Waals surface area (Å²) in [5.41, 5.74) is 17.1. The summed E-state index contributed by atoms with van der Waals surface area (Å²) in [6.45, 7) is 0. The number of fused-ring (bicyclic) bond motifs is 2. The molecule has 10 rings (SSSR count). The molecule has 0 nitrogen and oxygen atoms in total. The standard InChI is InChI=1S/C56H38/c1-4-15-39(16-5-1)41-27-29-43(30-28-41)46-21-14-22-47(37-46)48-35-36-49(44-33-31-42(32-34-44)40-17-6-2-7-18-40)54(38-48)56-52-25-12-10-23-50(52)55(45-19-8-3-9-20-45)51-24-11-13-26-53(51)56/h1-38H. The van der Waals surface area contributed by atoms with Gasteiger partial charge in [0.25, 0.3) is 0 Å². The van der Waals surface area contributed by atoms with E-state index in [0.717, 1.165) is 0 Å². The zero-order valence-corrected chi connectivity index (χ0v) is 30.9. The maximum Gasteiger partial charge on any atom is -0.00199 e. The van der Waals surface area contributed by atoms with Gasteiger partial charge in [0, 0.05) is 0 Å². The second-order valence-corrected chi connectivity index (χ2v) is 14.4. The number of hydrogen-bond donors (Lipinski definition) is 0. The average Bonchev–Trinajstić information content (AvgIpc) is 3.29. The van der Waals surface area contributed by atoms with Gasteiger partial charge in [0.15, 0.2) is 0 Å². The fraction of sp³-hybridized carbons (Fsp3) is 0. The SMILES string of the molecule is c1ccc(-c2ccc(-c3cccc(-c4ccc(-c5ccc(-c6ccccc6)cc5)c(-c5c6ccccc6c(-c6ccccc6)c6ccccc56)c4)c3)cc2)cc1. The smallest absolute Gasteiger partial charge is 0.00199 e. The Hall–Kier alpha value is -7.28. The summed E-state index contributed by atoms with van der Waals surface area (Å²) in [5.74, 6) is 0. The molecule has 0 N–H and O–H groups in total. The molecule has 0 atom stereocenters. The Kier molecular flexibility index (Phi) is 8.63. The van der Waals surface area contributed by atoms with E-state index in [1.165, 1.54) is 99.4 Å². The molecule has 0 aliphatic heterocycles. The van der Waals surface area contributed by atoms with Gasteiger partial charge in [0.05, 0.1) is 0 Å². The van der Waals surface area contributed by atoms with Crippen LogP contribution in [0.15, 0.2) is 231 Å². The van der Waals surface area contributed by atoms with Crippen LogP contribution in [0.25, 0.3) is 99.4 Å². The highest BCUT2D eigenvalue weighted by atomic mass is 14.2. The Morgan fingerprint density at radius 2 is 0.482 bits per heavy atom. The van der Waals surface area contributed by atoms with Crippen LogP contribution >= 0.6 is 0 Å². The Morgan fingerprint density at radius 3 is 0.982 bits per heavy atom. The van der Waals surface area contributed by atoms with Crippen LogP contribution in [0.3, 0.4) is 0 Å². The molecule has 0 bridgehead atoms. The summed E-state index contributed by atoms with van der Waals surface area (Å²) in [6, 6.07) is 83.9. The molecule has 0 spiro atoms. The minimum absolute atomic E-state index is 1.19. The minimum atomic E-state index is 1.19. The van der Waals surface area contributed by atoms with E-state index in [-0.39, 0.29) is 0 Å². The predicted molar refractivity (Wildman–Crippen MR) is 240 cm³/mol. The largest absolute Gasteiger partial charge is 0.0622 e. The van der Waals surface area contributed by atoms with Gasteiger partial charge in [0.2, 0.25) is 0 Å². The highest BCUT2D eigenvalue weighted by Gasteiger charge is 2.20. The van der Waals surface area contributed by atoms with Crippen molar-refractivity contribution in [2.45, 2.75) is 0 Å². The van der Waals surface area contributed by atoms with Gasteiger partial charge in [-0.15, -0.1) is 0 Å². The summed E-state index contributed by atoms with van der Waals surface area (Å²) in [5, 5.41) is 5.00. The summed E-state index contributed by atoms with van der Waals surface area (Å²) >= 11 is 0. The van der Waals surface area contributed by atoms with E-state index in [0.29, 0.717) is 0 Å². The fourth-order valence-corrected chi connectivity index (χ4v) is 8.35. The first-order valence-electron chi connectivity index (χ1n) is 19.3. The Morgan fingerprint density at radius 1 is 0.161 bits per heavy atom. The van der Waals surface area contributed by atoms with Gasteiger partial charge in [-0.3, -0.25) is 0 Å². The molecule has 262 valence electrons. The van der Waals surface area contributed by atoms with Crippen molar-refractivity contribution in [1.82, 2.24) is 0 Å². The van der Waals surface area contributed by atoms with Crippen molar-refractivity contribution in [3.05, 3.63) is 231 Å². The van der Waals surface area contributed by atoms with Gasteiger partial charge in [-0.2, -0.15) is 0 Å². The molecule has 0 fully saturated rings. The van der Waals surface area contributed by atoms with Gasteiger partial charge >= 0.3 is 0 Å². The minimum Gasteiger partial charge on any atom is -0.0622 e. The van der Waals surface area contributed by atoms with E-state index in [1.807, 2.05) is 0 Å². The van der Waals surface area contributed by atoms with Crippen LogP contribution in [0.1, 0.15) is 0 Å². The Bertz CT molecular complexity index is 2900. The second-order valence-electron chi connectivity index (χ2n) is 14.4. The first-order chi connectivity index (χ1) is 27.8. The molecule has 0 radical (unpaired) electrons. The van der Waals surface area contributed by atoms with Gasteiger partial charge in [0.1, 0.15) is 0 Å². The third-order valence-corrected chi connectivity index (χ3v) is 11.1. The molecule has 10 aromatic carbocycles. The topological polar surface area (TPSA) is 0 Å². The van der Waals surface area contributed by atoms with Crippen molar-refractivity contribution in [2.75, 3.05) is 0 Å². The molecule has 0 aliphatic rings. The molecular weight excluding hydrogens is 673 g/mol. The van der Waals surface area contributed by atoms with E-state index in [9.17, 15) is 0 Å². The van der Waals surface area contributed by atoms with E-state index in [4.69, 9.17) is 0 Å². The highest BCUT2D eigenvalue weighted by molar-refractivity contribution is 6.22. The lowest BCUT2D eigenvalue weighted by Gasteiger charge is -2.21. The molecular formula is C56H38. The van der Waals surface area contributed by atoms with E-state index >= 15 is 0 Å². The van der Waals surface area contributed by atoms with Crippen molar-refractivity contribution in [3.8, 4) is 77.9 Å². The maximum atomic E-state index is 2.43. The zero-order valence-electron chi connectivity index (χ0n) is 30.9. The van der Waals surface area contributed by atoms with E-state index in [2.05, 4.69) is 231 Å². The third kappa shape index (κ3) is 6.18. The van der Waals surface area contributed by atoms with E-state index < -0.39 is 0 Å². The summed E-state index contributed by atoms with van der Waals surface area (Å²) in [4.78, 5) is 0. The van der Waals surface area contributed by atoms with Crippen molar-refractivity contribution >= 4 is 21.5 Å². The quantitative estimate of drug-likeness (QED) is 0.144. The van der Waals surface area contributed by atoms with Gasteiger partial charge in [-0.25, -0.2) is 0 Å². The number of hydrogen-bond acceptors (Lipinski definition) is 0. The molecule has 0 aliphatic carbocycles. The Balaban J connectivity index is 1.17. The summed E-state index contributed by atoms with van der Waals surface area (Å²) in [6.07, 6.45) is 0. The lowest BCUT2D eigenvalue weighted by molar-refractivity contribution is 1.56. The van der Waals surface area contributed by atoms with Crippen LogP contribution in [0, 0.1) is 0 Å². The molecule has 0 unspecified atom stereocenters. The van der Waals surface area contributed by atoms with Crippen LogP contribution in [-0.2, 0) is 0 Å². The lowest BCUT2D eigenvalue weighted by atomic mass is 9.82. The highest BCUT2D eigenvalue weighted by Crippen LogP contribution is 2.47. The molecule has 0 heteroatoms. The number of benzene rings is 10. The van der Waals surface area contributed by atoms with Crippen LogP contribution < -0.4 is 0 Å². The summed E-state index contributed by atoms with van der Waals surface area (Å²) < 4.78 is 0. The van der Waals surface area contributed by atoms with Crippen molar-refractivity contribution in [1.29, 1.82) is 0 Å². The van der Waals surface area contributed by atoms with E-state index in [1.54, 1.807) is 0 Å². The van der Waals surface area contributed by atoms with Crippen molar-refractivity contribution < 1.29 is 0 Å². The number of rotatable bonds is 7. The molecule has 10 aromatic rings. The zero-order chi connectivity index (χ0) is 37.3. The van der Waals surface area contributed by atoms with Gasteiger partial charge in [-0.05, 0) is 112 Å².